The molecule has 0 saturated carbocycles. The van der Waals surface area contributed by atoms with Gasteiger partial charge < -0.3 is 20.9 Å². The summed E-state index contributed by atoms with van der Waals surface area (Å²) in [6.45, 7) is 3.04. The van der Waals surface area contributed by atoms with Gasteiger partial charge in [-0.05, 0) is 24.1 Å². The number of piperazine rings is 1. The van der Waals surface area contributed by atoms with Crippen LogP contribution in [0.5, 0.6) is 0 Å². The molecule has 0 spiro atoms. The van der Waals surface area contributed by atoms with Gasteiger partial charge in [-0.2, -0.15) is 0 Å². The normalized spacial score (nSPS) is 13.1. The van der Waals surface area contributed by atoms with E-state index in [0.717, 1.165) is 5.56 Å². The summed E-state index contributed by atoms with van der Waals surface area (Å²) in [5, 5.41) is 2.82. The lowest BCUT2D eigenvalue weighted by atomic mass is 10.1. The Labute approximate surface area is 189 Å². The van der Waals surface area contributed by atoms with E-state index < -0.39 is 0 Å². The van der Waals surface area contributed by atoms with Crippen LogP contribution in [0.4, 0.5) is 11.6 Å². The largest absolute Gasteiger partial charge is 0.399 e. The number of carbonyl (C=O) groups is 2. The van der Waals surface area contributed by atoms with E-state index in [1.165, 1.54) is 0 Å². The molecule has 8 nitrogen and oxygen atoms in total. The van der Waals surface area contributed by atoms with Gasteiger partial charge in [-0.25, -0.2) is 9.97 Å². The van der Waals surface area contributed by atoms with Crippen LogP contribution < -0.4 is 16.0 Å². The molecule has 0 aliphatic carbocycles. The summed E-state index contributed by atoms with van der Waals surface area (Å²) in [5.41, 5.74) is 7.55. The van der Waals surface area contributed by atoms with Crippen LogP contribution in [0.15, 0.2) is 42.7 Å². The highest BCUT2D eigenvalue weighted by Gasteiger charge is 2.22. The van der Waals surface area contributed by atoms with Crippen LogP contribution >= 0.6 is 24.8 Å². The van der Waals surface area contributed by atoms with Crippen LogP contribution in [0.25, 0.3) is 0 Å². The van der Waals surface area contributed by atoms with E-state index >= 15 is 0 Å². The van der Waals surface area contributed by atoms with Crippen molar-refractivity contribution < 1.29 is 9.59 Å². The van der Waals surface area contributed by atoms with Crippen molar-refractivity contribution in [3.05, 3.63) is 48.3 Å². The van der Waals surface area contributed by atoms with Gasteiger partial charge in [0, 0.05) is 63.6 Å². The van der Waals surface area contributed by atoms with Crippen LogP contribution in [0.1, 0.15) is 18.4 Å². The molecule has 1 saturated heterocycles. The van der Waals surface area contributed by atoms with Gasteiger partial charge in [-0.3, -0.25) is 9.59 Å². The molecular formula is C20H28Cl2N6O2. The molecule has 3 N–H and O–H groups in total. The molecule has 1 aromatic heterocycles. The van der Waals surface area contributed by atoms with Crippen LogP contribution in [0.3, 0.4) is 0 Å². The smallest absolute Gasteiger partial charge is 0.225 e. The molecule has 10 heteroatoms. The van der Waals surface area contributed by atoms with Crippen molar-refractivity contribution in [3.63, 3.8) is 0 Å². The minimum atomic E-state index is -0.0675. The zero-order valence-electron chi connectivity index (χ0n) is 16.7. The Bertz CT molecular complexity index is 801. The summed E-state index contributed by atoms with van der Waals surface area (Å²) in [5.74, 6) is 0.684. The third kappa shape index (κ3) is 7.35. The molecule has 2 aromatic rings. The third-order valence-corrected chi connectivity index (χ3v) is 4.80. The van der Waals surface area contributed by atoms with Crippen molar-refractivity contribution in [2.45, 2.75) is 19.3 Å². The lowest BCUT2D eigenvalue weighted by molar-refractivity contribution is -0.131. The van der Waals surface area contributed by atoms with Gasteiger partial charge >= 0.3 is 0 Å². The summed E-state index contributed by atoms with van der Waals surface area (Å²) < 4.78 is 0. The Morgan fingerprint density at radius 3 is 2.30 bits per heavy atom. The molecule has 1 aliphatic heterocycles. The molecule has 0 atom stereocenters. The van der Waals surface area contributed by atoms with Gasteiger partial charge in [-0.1, -0.05) is 18.2 Å². The van der Waals surface area contributed by atoms with Crippen molar-refractivity contribution in [1.82, 2.24) is 20.2 Å². The summed E-state index contributed by atoms with van der Waals surface area (Å²) >= 11 is 0. The highest BCUT2D eigenvalue weighted by Crippen LogP contribution is 2.13. The maximum Gasteiger partial charge on any atom is 0.225 e. The first-order valence-electron chi connectivity index (χ1n) is 9.53. The monoisotopic (exact) mass is 454 g/mol. The summed E-state index contributed by atoms with van der Waals surface area (Å²) in [7, 11) is 0. The number of aromatic nitrogens is 2. The Balaban J connectivity index is 0.00000225. The Kier molecular flexibility index (Phi) is 10.9. The summed E-state index contributed by atoms with van der Waals surface area (Å²) in [6, 6.07) is 9.32. The molecule has 30 heavy (non-hydrogen) atoms. The number of benzene rings is 1. The molecule has 0 unspecified atom stereocenters. The first kappa shape index (κ1) is 25.5. The minimum absolute atomic E-state index is 0. The molecule has 3 rings (SSSR count). The van der Waals surface area contributed by atoms with Gasteiger partial charge in [0.2, 0.25) is 17.8 Å². The quantitative estimate of drug-likeness (QED) is 0.616. The van der Waals surface area contributed by atoms with Crippen LogP contribution in [0, 0.1) is 0 Å². The number of nitrogens with two attached hydrogens (primary N) is 1. The van der Waals surface area contributed by atoms with Crippen LogP contribution in [0.2, 0.25) is 0 Å². The number of para-hydroxylation sites is 1. The van der Waals surface area contributed by atoms with Gasteiger partial charge in [0.15, 0.2) is 0 Å². The third-order valence-electron chi connectivity index (χ3n) is 4.80. The number of anilines is 2. The van der Waals surface area contributed by atoms with Crippen molar-refractivity contribution in [2.24, 2.45) is 0 Å². The molecule has 1 aliphatic rings. The number of nitrogens with zero attached hydrogens (tertiary/aromatic N) is 4. The number of aryl methyl sites for hydroxylation is 1. The topological polar surface area (TPSA) is 104 Å². The van der Waals surface area contributed by atoms with Crippen molar-refractivity contribution in [3.8, 4) is 0 Å². The predicted octanol–water partition coefficient (Wildman–Crippen LogP) is 1.69. The molecule has 0 bridgehead atoms. The Hall–Kier alpha value is -2.58. The lowest BCUT2D eigenvalue weighted by Crippen LogP contribution is -2.49. The molecule has 2 heterocycles. The number of hydrogen-bond acceptors (Lipinski definition) is 6. The molecule has 1 fully saturated rings. The standard InChI is InChI=1S/C20H26N6O2.2ClH/c21-17-5-2-1-4-16(17)6-7-18(27)22-11-8-19(28)25-12-14-26(15-13-25)20-23-9-3-10-24-20;;/h1-5,9-10H,6-8,11-15,21H2,(H,22,27);2*1H. The number of nitrogens with one attached hydrogen (secondary N) is 1. The average Bonchev–Trinajstić information content (AvgIpc) is 2.74. The number of carbonyl (C=O) groups excluding carboxylic acids is 2. The van der Waals surface area contributed by atoms with Gasteiger partial charge in [0.25, 0.3) is 0 Å². The van der Waals surface area contributed by atoms with Crippen LogP contribution in [-0.4, -0.2) is 59.4 Å². The molecular weight excluding hydrogens is 427 g/mol. The van der Waals surface area contributed by atoms with E-state index in [0.29, 0.717) is 63.6 Å². The number of nitrogen functional groups attached to an aromatic ring is 1. The summed E-state index contributed by atoms with van der Waals surface area (Å²) in [4.78, 5) is 36.7. The highest BCUT2D eigenvalue weighted by atomic mass is 35.5. The Morgan fingerprint density at radius 2 is 1.63 bits per heavy atom. The summed E-state index contributed by atoms with van der Waals surface area (Å²) in [6.07, 6.45) is 4.69. The van der Waals surface area contributed by atoms with E-state index in [2.05, 4.69) is 20.2 Å². The predicted molar refractivity (Wildman–Crippen MR) is 122 cm³/mol. The SMILES string of the molecule is Cl.Cl.Nc1ccccc1CCC(=O)NCCC(=O)N1CCN(c2ncccn2)CC1. The van der Waals surface area contributed by atoms with Gasteiger partial charge in [0.05, 0.1) is 0 Å². The number of rotatable bonds is 7. The second-order valence-corrected chi connectivity index (χ2v) is 6.72. The minimum Gasteiger partial charge on any atom is -0.399 e. The fourth-order valence-corrected chi connectivity index (χ4v) is 3.18. The van der Waals surface area contributed by atoms with E-state index in [1.807, 2.05) is 29.2 Å². The molecule has 1 aromatic carbocycles. The van der Waals surface area contributed by atoms with Crippen molar-refractivity contribution in [1.29, 1.82) is 0 Å². The lowest BCUT2D eigenvalue weighted by Gasteiger charge is -2.34. The molecule has 2 amide bonds. The van der Waals surface area contributed by atoms with Crippen molar-refractivity contribution >= 4 is 48.3 Å². The van der Waals surface area contributed by atoms with E-state index in [1.54, 1.807) is 18.5 Å². The first-order valence-corrected chi connectivity index (χ1v) is 9.53. The second-order valence-electron chi connectivity index (χ2n) is 6.72. The first-order chi connectivity index (χ1) is 13.6. The van der Waals surface area contributed by atoms with Gasteiger partial charge in [0.1, 0.15) is 0 Å². The van der Waals surface area contributed by atoms with E-state index in [-0.39, 0.29) is 36.6 Å². The zero-order valence-corrected chi connectivity index (χ0v) is 18.3. The zero-order chi connectivity index (χ0) is 19.8. The Morgan fingerprint density at radius 1 is 0.967 bits per heavy atom. The maximum atomic E-state index is 12.4. The molecule has 0 radical (unpaired) electrons. The fraction of sp³-hybridized carbons (Fsp3) is 0.400. The van der Waals surface area contributed by atoms with Crippen LogP contribution in [-0.2, 0) is 16.0 Å². The molecule has 164 valence electrons. The number of halogens is 2. The van der Waals surface area contributed by atoms with E-state index in [9.17, 15) is 9.59 Å². The van der Waals surface area contributed by atoms with Gasteiger partial charge in [-0.15, -0.1) is 24.8 Å². The number of amides is 2. The van der Waals surface area contributed by atoms with Crippen molar-refractivity contribution in [2.75, 3.05) is 43.4 Å². The average molecular weight is 455 g/mol. The fourth-order valence-electron chi connectivity index (χ4n) is 3.18. The number of hydrogen-bond donors (Lipinski definition) is 2. The second kappa shape index (κ2) is 12.9. The van der Waals surface area contributed by atoms with E-state index in [4.69, 9.17) is 5.73 Å². The maximum absolute atomic E-state index is 12.4. The highest BCUT2D eigenvalue weighted by molar-refractivity contribution is 5.85.